The summed E-state index contributed by atoms with van der Waals surface area (Å²) in [7, 11) is -2.75. The normalized spacial score (nSPS) is 20.7. The van der Waals surface area contributed by atoms with Crippen molar-refractivity contribution < 1.29 is 14.3 Å². The zero-order valence-corrected chi connectivity index (χ0v) is 18.8. The Morgan fingerprint density at radius 1 is 0.903 bits per heavy atom. The van der Waals surface area contributed by atoms with Crippen molar-refractivity contribution in [2.75, 3.05) is 6.61 Å². The van der Waals surface area contributed by atoms with Crippen molar-refractivity contribution in [2.24, 2.45) is 0 Å². The van der Waals surface area contributed by atoms with E-state index in [-0.39, 0.29) is 12.2 Å². The summed E-state index contributed by atoms with van der Waals surface area (Å²) < 4.78 is 13.1. The number of ether oxygens (including phenoxy) is 1. The summed E-state index contributed by atoms with van der Waals surface area (Å²) in [5.74, 6) is 2.45. The zero-order valence-electron chi connectivity index (χ0n) is 17.8. The number of benzene rings is 3. The third kappa shape index (κ3) is 4.37. The van der Waals surface area contributed by atoms with Crippen molar-refractivity contribution in [1.82, 2.24) is 0 Å². The van der Waals surface area contributed by atoms with Gasteiger partial charge in [-0.3, -0.25) is 0 Å². The number of rotatable bonds is 7. The van der Waals surface area contributed by atoms with Gasteiger partial charge in [0.1, 0.15) is 5.60 Å². The predicted octanol–water partition coefficient (Wildman–Crippen LogP) is 2.60. The van der Waals surface area contributed by atoms with E-state index in [1.807, 2.05) is 18.2 Å². The molecule has 1 heterocycles. The molecule has 31 heavy (non-hydrogen) atoms. The van der Waals surface area contributed by atoms with Crippen molar-refractivity contribution in [3.63, 3.8) is 0 Å². The molecule has 158 valence electrons. The molecule has 4 rings (SSSR count). The fourth-order valence-corrected chi connectivity index (χ4v) is 8.24. The third-order valence-electron chi connectivity index (χ3n) is 6.05. The van der Waals surface area contributed by atoms with Crippen LogP contribution in [0.15, 0.2) is 91.0 Å². The van der Waals surface area contributed by atoms with Crippen LogP contribution in [0.1, 0.15) is 19.8 Å². The molecule has 1 fully saturated rings. The van der Waals surface area contributed by atoms with E-state index >= 15 is 0 Å². The molecule has 0 amide bonds. The van der Waals surface area contributed by atoms with Crippen LogP contribution in [-0.2, 0) is 9.16 Å². The maximum Gasteiger partial charge on any atom is 0.288 e. The number of hydrogen-bond donors (Lipinski definition) is 1. The van der Waals surface area contributed by atoms with E-state index in [4.69, 9.17) is 15.6 Å². The summed E-state index contributed by atoms with van der Waals surface area (Å²) in [5.41, 5.74) is -1.26. The molecular formula is C27H28O3Si. The molecule has 1 aliphatic rings. The fourth-order valence-electron chi connectivity index (χ4n) is 4.32. The van der Waals surface area contributed by atoms with E-state index in [2.05, 4.69) is 78.7 Å². The SMILES string of the molecule is C#C[C@](C)(O)[C@H]1CC[C@@H](CO[Si](c2ccccc2)(c2ccccc2)c2ccccc2)O1. The van der Waals surface area contributed by atoms with Gasteiger partial charge in [0.15, 0.2) is 0 Å². The lowest BCUT2D eigenvalue weighted by Gasteiger charge is -2.34. The summed E-state index contributed by atoms with van der Waals surface area (Å²) in [6.45, 7) is 2.08. The lowest BCUT2D eigenvalue weighted by atomic mass is 9.98. The van der Waals surface area contributed by atoms with Gasteiger partial charge in [-0.15, -0.1) is 6.42 Å². The highest BCUT2D eigenvalue weighted by Crippen LogP contribution is 2.28. The second kappa shape index (κ2) is 9.21. The van der Waals surface area contributed by atoms with E-state index in [0.29, 0.717) is 6.61 Å². The molecule has 1 aliphatic heterocycles. The summed E-state index contributed by atoms with van der Waals surface area (Å²) in [4.78, 5) is 0. The molecule has 0 bridgehead atoms. The van der Waals surface area contributed by atoms with Crippen LogP contribution in [0.5, 0.6) is 0 Å². The molecule has 3 aromatic carbocycles. The monoisotopic (exact) mass is 428 g/mol. The van der Waals surface area contributed by atoms with Gasteiger partial charge in [0.05, 0.1) is 18.8 Å². The van der Waals surface area contributed by atoms with Crippen LogP contribution in [0.3, 0.4) is 0 Å². The Bertz CT molecular complexity index is 916. The van der Waals surface area contributed by atoms with Crippen molar-refractivity contribution in [3.05, 3.63) is 91.0 Å². The molecule has 3 atom stereocenters. The maximum atomic E-state index is 10.4. The molecule has 1 saturated heterocycles. The highest BCUT2D eigenvalue weighted by Gasteiger charge is 2.44. The van der Waals surface area contributed by atoms with E-state index in [1.165, 1.54) is 15.6 Å². The molecule has 0 saturated carbocycles. The molecular weight excluding hydrogens is 400 g/mol. The molecule has 4 heteroatoms. The molecule has 3 aromatic rings. The average molecular weight is 429 g/mol. The quantitative estimate of drug-likeness (QED) is 0.357. The summed E-state index contributed by atoms with van der Waals surface area (Å²) >= 11 is 0. The van der Waals surface area contributed by atoms with Gasteiger partial charge in [0, 0.05) is 0 Å². The zero-order chi connectivity index (χ0) is 21.7. The second-order valence-corrected chi connectivity index (χ2v) is 11.6. The Morgan fingerprint density at radius 3 is 1.77 bits per heavy atom. The van der Waals surface area contributed by atoms with Crippen molar-refractivity contribution in [2.45, 2.75) is 37.6 Å². The first-order valence-electron chi connectivity index (χ1n) is 10.7. The Hall–Kier alpha value is -2.68. The minimum absolute atomic E-state index is 0.104. The Kier molecular flexibility index (Phi) is 6.40. The standard InChI is InChI=1S/C27H28O3Si/c1-3-27(2,28)26-20-19-22(30-26)21-29-31(23-13-7-4-8-14-23,24-15-9-5-10-16-24)25-17-11-6-12-18-25/h1,4-18,22,26,28H,19-21H2,2H3/t22-,26+,27-/m0/s1. The van der Waals surface area contributed by atoms with Crippen LogP contribution in [0.4, 0.5) is 0 Å². The number of aliphatic hydroxyl groups is 1. The van der Waals surface area contributed by atoms with Crippen LogP contribution >= 0.6 is 0 Å². The van der Waals surface area contributed by atoms with Gasteiger partial charge in [-0.2, -0.15) is 0 Å². The summed E-state index contributed by atoms with van der Waals surface area (Å²) in [5, 5.41) is 14.0. The van der Waals surface area contributed by atoms with Gasteiger partial charge in [-0.05, 0) is 35.3 Å². The lowest BCUT2D eigenvalue weighted by molar-refractivity contribution is -0.0700. The number of hydrogen-bond acceptors (Lipinski definition) is 3. The molecule has 1 N–H and O–H groups in total. The van der Waals surface area contributed by atoms with Crippen LogP contribution < -0.4 is 15.6 Å². The van der Waals surface area contributed by atoms with Crippen LogP contribution in [0.2, 0.25) is 0 Å². The second-order valence-electron chi connectivity index (χ2n) is 8.21. The third-order valence-corrected chi connectivity index (χ3v) is 10.1. The van der Waals surface area contributed by atoms with Crippen LogP contribution in [0.25, 0.3) is 0 Å². The van der Waals surface area contributed by atoms with Crippen LogP contribution in [-0.4, -0.2) is 37.8 Å². The highest BCUT2D eigenvalue weighted by atomic mass is 28.4. The molecule has 3 nitrogen and oxygen atoms in total. The van der Waals surface area contributed by atoms with Crippen molar-refractivity contribution in [3.8, 4) is 12.3 Å². The van der Waals surface area contributed by atoms with Gasteiger partial charge in [-0.1, -0.05) is 96.9 Å². The summed E-state index contributed by atoms with van der Waals surface area (Å²) in [6, 6.07) is 31.5. The minimum Gasteiger partial charge on any atom is -0.402 e. The van der Waals surface area contributed by atoms with E-state index < -0.39 is 13.9 Å². The van der Waals surface area contributed by atoms with Crippen molar-refractivity contribution in [1.29, 1.82) is 0 Å². The summed E-state index contributed by atoms with van der Waals surface area (Å²) in [6.07, 6.45) is 6.56. The first kappa shape index (κ1) is 21.5. The highest BCUT2D eigenvalue weighted by molar-refractivity contribution is 7.07. The van der Waals surface area contributed by atoms with E-state index in [0.717, 1.165) is 12.8 Å². The topological polar surface area (TPSA) is 38.7 Å². The molecule has 0 radical (unpaired) electrons. The smallest absolute Gasteiger partial charge is 0.288 e. The fraction of sp³-hybridized carbons (Fsp3) is 0.259. The van der Waals surface area contributed by atoms with E-state index in [1.54, 1.807) is 6.92 Å². The van der Waals surface area contributed by atoms with Gasteiger partial charge >= 0.3 is 0 Å². The minimum atomic E-state index is -2.75. The Balaban J connectivity index is 1.71. The number of terminal acetylenes is 1. The molecule has 0 unspecified atom stereocenters. The largest absolute Gasteiger partial charge is 0.402 e. The molecule has 0 aliphatic carbocycles. The average Bonchev–Trinajstić information content (AvgIpc) is 3.32. The van der Waals surface area contributed by atoms with Gasteiger partial charge in [-0.25, -0.2) is 0 Å². The predicted molar refractivity (Wildman–Crippen MR) is 127 cm³/mol. The first-order valence-corrected chi connectivity index (χ1v) is 12.6. The molecule has 0 spiro atoms. The lowest BCUT2D eigenvalue weighted by Crippen LogP contribution is -2.69. The molecule has 0 aromatic heterocycles. The van der Waals surface area contributed by atoms with Gasteiger partial charge < -0.3 is 14.3 Å². The van der Waals surface area contributed by atoms with E-state index in [9.17, 15) is 5.11 Å². The first-order chi connectivity index (χ1) is 15.1. The Morgan fingerprint density at radius 2 is 1.35 bits per heavy atom. The van der Waals surface area contributed by atoms with Gasteiger partial charge in [0.2, 0.25) is 0 Å². The van der Waals surface area contributed by atoms with Gasteiger partial charge in [0.25, 0.3) is 8.32 Å². The maximum absolute atomic E-state index is 10.4. The Labute approximate surface area is 185 Å². The van der Waals surface area contributed by atoms with Crippen molar-refractivity contribution >= 4 is 23.9 Å². The van der Waals surface area contributed by atoms with Crippen LogP contribution in [0, 0.1) is 12.3 Å².